The fourth-order valence-electron chi connectivity index (χ4n) is 2.47. The molecule has 1 amide bonds. The minimum atomic E-state index is 0.251. The summed E-state index contributed by atoms with van der Waals surface area (Å²) in [6.45, 7) is 1.44. The van der Waals surface area contributed by atoms with Gasteiger partial charge in [0.1, 0.15) is 0 Å². The summed E-state index contributed by atoms with van der Waals surface area (Å²) in [4.78, 5) is 14.1. The Bertz CT molecular complexity index is 229. The summed E-state index contributed by atoms with van der Waals surface area (Å²) in [7, 11) is 0. The number of nitrogens with one attached hydrogen (secondary N) is 1. The van der Waals surface area contributed by atoms with Crippen molar-refractivity contribution in [2.24, 2.45) is 0 Å². The number of likely N-dealkylation sites (tertiary alicyclic amines) is 1. The topological polar surface area (TPSA) is 32.3 Å². The van der Waals surface area contributed by atoms with Gasteiger partial charge in [-0.1, -0.05) is 28.8 Å². The summed E-state index contributed by atoms with van der Waals surface area (Å²) in [5.74, 6) is 0.251. The molecule has 15 heavy (non-hydrogen) atoms. The van der Waals surface area contributed by atoms with Crippen LogP contribution in [0, 0.1) is 0 Å². The van der Waals surface area contributed by atoms with E-state index in [0.717, 1.165) is 19.4 Å². The molecule has 86 valence electrons. The Kier molecular flexibility index (Phi) is 4.03. The standard InChI is InChI=1S/C11H19BrN2O/c12-10-6-3-7-14(10)11(15)8-13-9-4-1-2-5-9/h9-10,13H,1-8H2/t10-/m1/s1. The highest BCUT2D eigenvalue weighted by Crippen LogP contribution is 2.22. The molecule has 0 unspecified atom stereocenters. The smallest absolute Gasteiger partial charge is 0.237 e. The molecule has 2 rings (SSSR count). The highest BCUT2D eigenvalue weighted by atomic mass is 79.9. The van der Waals surface area contributed by atoms with Gasteiger partial charge in [-0.2, -0.15) is 0 Å². The zero-order valence-corrected chi connectivity index (χ0v) is 10.6. The fourth-order valence-corrected chi connectivity index (χ4v) is 3.23. The number of amides is 1. The molecule has 0 radical (unpaired) electrons. The van der Waals surface area contributed by atoms with E-state index in [1.165, 1.54) is 25.7 Å². The highest BCUT2D eigenvalue weighted by Gasteiger charge is 2.26. The number of alkyl halides is 1. The molecule has 1 heterocycles. The fraction of sp³-hybridized carbons (Fsp3) is 0.909. The summed E-state index contributed by atoms with van der Waals surface area (Å²) in [5, 5.41) is 3.37. The van der Waals surface area contributed by atoms with Crippen LogP contribution in [0.15, 0.2) is 0 Å². The molecule has 0 bridgehead atoms. The lowest BCUT2D eigenvalue weighted by Crippen LogP contribution is -2.41. The minimum Gasteiger partial charge on any atom is -0.329 e. The molecule has 1 atom stereocenters. The third kappa shape index (κ3) is 2.94. The van der Waals surface area contributed by atoms with Crippen molar-refractivity contribution >= 4 is 21.8 Å². The van der Waals surface area contributed by atoms with Gasteiger partial charge in [-0.3, -0.25) is 4.79 Å². The van der Waals surface area contributed by atoms with E-state index in [0.29, 0.717) is 12.6 Å². The molecule has 1 saturated carbocycles. The summed E-state index contributed by atoms with van der Waals surface area (Å²) in [6, 6.07) is 0.588. The maximum absolute atomic E-state index is 11.8. The van der Waals surface area contributed by atoms with Crippen molar-refractivity contribution in [1.29, 1.82) is 0 Å². The molecule has 4 heteroatoms. The number of halogens is 1. The Labute approximate surface area is 99.7 Å². The van der Waals surface area contributed by atoms with E-state index in [1.54, 1.807) is 0 Å². The summed E-state index contributed by atoms with van der Waals surface area (Å²) < 4.78 is 0. The maximum Gasteiger partial charge on any atom is 0.237 e. The van der Waals surface area contributed by atoms with Crippen LogP contribution in [0.25, 0.3) is 0 Å². The Morgan fingerprint density at radius 3 is 2.60 bits per heavy atom. The second-order valence-corrected chi connectivity index (χ2v) is 5.58. The monoisotopic (exact) mass is 274 g/mol. The molecule has 2 aliphatic rings. The molecule has 1 aliphatic carbocycles. The summed E-state index contributed by atoms with van der Waals surface area (Å²) in [6.07, 6.45) is 7.34. The van der Waals surface area contributed by atoms with Crippen molar-refractivity contribution in [2.45, 2.75) is 49.5 Å². The second kappa shape index (κ2) is 5.30. The number of carbonyl (C=O) groups excluding carboxylic acids is 1. The molecule has 0 spiro atoms. The Hall–Kier alpha value is -0.0900. The van der Waals surface area contributed by atoms with E-state index in [4.69, 9.17) is 0 Å². The van der Waals surface area contributed by atoms with E-state index in [2.05, 4.69) is 21.2 Å². The van der Waals surface area contributed by atoms with Crippen molar-refractivity contribution in [3.63, 3.8) is 0 Å². The second-order valence-electron chi connectivity index (χ2n) is 4.53. The molecule has 0 aromatic carbocycles. The number of nitrogens with zero attached hydrogens (tertiary/aromatic N) is 1. The lowest BCUT2D eigenvalue weighted by atomic mass is 10.2. The predicted octanol–water partition coefficient (Wildman–Crippen LogP) is 1.86. The molecular weight excluding hydrogens is 256 g/mol. The number of rotatable bonds is 3. The first-order chi connectivity index (χ1) is 7.27. The third-order valence-electron chi connectivity index (χ3n) is 3.40. The highest BCUT2D eigenvalue weighted by molar-refractivity contribution is 9.09. The first kappa shape index (κ1) is 11.4. The average molecular weight is 275 g/mol. The van der Waals surface area contributed by atoms with Crippen molar-refractivity contribution in [1.82, 2.24) is 10.2 Å². The van der Waals surface area contributed by atoms with E-state index in [1.807, 2.05) is 4.90 Å². The quantitative estimate of drug-likeness (QED) is 0.630. The van der Waals surface area contributed by atoms with Crippen molar-refractivity contribution < 1.29 is 4.79 Å². The number of hydrogen-bond acceptors (Lipinski definition) is 2. The first-order valence-electron chi connectivity index (χ1n) is 5.94. The van der Waals surface area contributed by atoms with Gasteiger partial charge in [-0.05, 0) is 25.7 Å². The van der Waals surface area contributed by atoms with Crippen LogP contribution >= 0.6 is 15.9 Å². The van der Waals surface area contributed by atoms with Gasteiger partial charge in [-0.15, -0.1) is 0 Å². The van der Waals surface area contributed by atoms with Gasteiger partial charge in [0.2, 0.25) is 5.91 Å². The van der Waals surface area contributed by atoms with Crippen LogP contribution in [-0.4, -0.2) is 34.9 Å². The molecule has 0 aromatic rings. The Balaban J connectivity index is 1.71. The van der Waals surface area contributed by atoms with Gasteiger partial charge in [0.15, 0.2) is 0 Å². The Morgan fingerprint density at radius 1 is 1.27 bits per heavy atom. The number of hydrogen-bond donors (Lipinski definition) is 1. The molecule has 0 aromatic heterocycles. The minimum absolute atomic E-state index is 0.251. The molecule has 2 fully saturated rings. The zero-order valence-electron chi connectivity index (χ0n) is 9.04. The van der Waals surface area contributed by atoms with Gasteiger partial charge < -0.3 is 10.2 Å². The van der Waals surface area contributed by atoms with Crippen LogP contribution in [0.4, 0.5) is 0 Å². The van der Waals surface area contributed by atoms with Gasteiger partial charge in [0.25, 0.3) is 0 Å². The summed E-state index contributed by atoms with van der Waals surface area (Å²) >= 11 is 3.54. The van der Waals surface area contributed by atoms with Crippen LogP contribution < -0.4 is 5.32 Å². The predicted molar refractivity (Wildman–Crippen MR) is 63.9 cm³/mol. The first-order valence-corrected chi connectivity index (χ1v) is 6.86. The van der Waals surface area contributed by atoms with Gasteiger partial charge in [0, 0.05) is 12.6 Å². The van der Waals surface area contributed by atoms with Crippen LogP contribution in [-0.2, 0) is 4.79 Å². The molecule has 1 aliphatic heterocycles. The van der Waals surface area contributed by atoms with Crippen molar-refractivity contribution in [2.75, 3.05) is 13.1 Å². The van der Waals surface area contributed by atoms with Gasteiger partial charge in [0.05, 0.1) is 11.5 Å². The van der Waals surface area contributed by atoms with Gasteiger partial charge in [-0.25, -0.2) is 0 Å². The lowest BCUT2D eigenvalue weighted by molar-refractivity contribution is -0.129. The van der Waals surface area contributed by atoms with E-state index >= 15 is 0 Å². The van der Waals surface area contributed by atoms with Crippen molar-refractivity contribution in [3.05, 3.63) is 0 Å². The molecule has 1 saturated heterocycles. The Morgan fingerprint density at radius 2 is 2.00 bits per heavy atom. The van der Waals surface area contributed by atoms with Crippen LogP contribution in [0.1, 0.15) is 38.5 Å². The van der Waals surface area contributed by atoms with E-state index in [9.17, 15) is 4.79 Å². The van der Waals surface area contributed by atoms with Crippen LogP contribution in [0.5, 0.6) is 0 Å². The van der Waals surface area contributed by atoms with Crippen molar-refractivity contribution in [3.8, 4) is 0 Å². The third-order valence-corrected chi connectivity index (χ3v) is 4.35. The molecule has 1 N–H and O–H groups in total. The summed E-state index contributed by atoms with van der Waals surface area (Å²) in [5.41, 5.74) is 0. The van der Waals surface area contributed by atoms with Crippen LogP contribution in [0.3, 0.4) is 0 Å². The normalized spacial score (nSPS) is 27.5. The maximum atomic E-state index is 11.8. The lowest BCUT2D eigenvalue weighted by Gasteiger charge is -2.21. The van der Waals surface area contributed by atoms with E-state index in [-0.39, 0.29) is 10.9 Å². The molecule has 3 nitrogen and oxygen atoms in total. The largest absolute Gasteiger partial charge is 0.329 e. The van der Waals surface area contributed by atoms with E-state index < -0.39 is 0 Å². The van der Waals surface area contributed by atoms with Gasteiger partial charge >= 0.3 is 0 Å². The van der Waals surface area contributed by atoms with Crippen LogP contribution in [0.2, 0.25) is 0 Å². The SMILES string of the molecule is O=C(CNC1CCCC1)N1CCC[C@@H]1Br. The molecular formula is C11H19BrN2O. The average Bonchev–Trinajstić information content (AvgIpc) is 2.84. The number of carbonyl (C=O) groups is 1. The zero-order chi connectivity index (χ0) is 10.7.